The summed E-state index contributed by atoms with van der Waals surface area (Å²) in [6.07, 6.45) is 0.857. The van der Waals surface area contributed by atoms with Crippen molar-refractivity contribution in [3.05, 3.63) is 47.4 Å². The Balaban J connectivity index is 1.99. The van der Waals surface area contributed by atoms with Crippen LogP contribution in [0.25, 0.3) is 11.3 Å². The van der Waals surface area contributed by atoms with Gasteiger partial charge >= 0.3 is 5.97 Å². The molecular formula is C18H19N3O3. The van der Waals surface area contributed by atoms with Crippen LogP contribution in [0.2, 0.25) is 0 Å². The molecule has 1 atom stereocenters. The highest BCUT2D eigenvalue weighted by Crippen LogP contribution is 2.29. The highest BCUT2D eigenvalue weighted by Gasteiger charge is 2.27. The van der Waals surface area contributed by atoms with Crippen LogP contribution in [-0.4, -0.2) is 44.9 Å². The van der Waals surface area contributed by atoms with Crippen molar-refractivity contribution in [2.75, 3.05) is 13.1 Å². The lowest BCUT2D eigenvalue weighted by atomic mass is 9.99. The van der Waals surface area contributed by atoms with E-state index in [1.165, 1.54) is 0 Å². The third-order valence-electron chi connectivity index (χ3n) is 4.34. The number of aromatic nitrogens is 2. The molecule has 0 saturated carbocycles. The molecule has 24 heavy (non-hydrogen) atoms. The molecule has 3 rings (SSSR count). The zero-order chi connectivity index (χ0) is 17.3. The van der Waals surface area contributed by atoms with Gasteiger partial charge < -0.3 is 10.0 Å². The number of carbonyl (C=O) groups excluding carboxylic acids is 1. The summed E-state index contributed by atoms with van der Waals surface area (Å²) in [4.78, 5) is 33.7. The van der Waals surface area contributed by atoms with E-state index in [9.17, 15) is 14.7 Å². The van der Waals surface area contributed by atoms with E-state index < -0.39 is 5.97 Å². The predicted octanol–water partition coefficient (Wildman–Crippen LogP) is 2.49. The monoisotopic (exact) mass is 325 g/mol. The number of aromatic carboxylic acids is 1. The molecule has 0 radical (unpaired) electrons. The van der Waals surface area contributed by atoms with E-state index >= 15 is 0 Å². The second kappa shape index (κ2) is 6.39. The van der Waals surface area contributed by atoms with Crippen LogP contribution in [0.5, 0.6) is 0 Å². The van der Waals surface area contributed by atoms with Gasteiger partial charge in [-0.25, -0.2) is 14.8 Å². The number of carboxylic acid groups (broad SMARTS) is 1. The molecule has 0 aliphatic carbocycles. The van der Waals surface area contributed by atoms with Crippen LogP contribution < -0.4 is 0 Å². The van der Waals surface area contributed by atoms with Crippen LogP contribution >= 0.6 is 0 Å². The molecule has 124 valence electrons. The first-order valence-corrected chi connectivity index (χ1v) is 7.89. The topological polar surface area (TPSA) is 83.4 Å². The van der Waals surface area contributed by atoms with Gasteiger partial charge in [-0.3, -0.25) is 4.79 Å². The Hall–Kier alpha value is -2.76. The predicted molar refractivity (Wildman–Crippen MR) is 88.8 cm³/mol. The molecule has 6 heteroatoms. The third kappa shape index (κ3) is 3.13. The van der Waals surface area contributed by atoms with Crippen molar-refractivity contribution in [2.24, 2.45) is 0 Å². The zero-order valence-electron chi connectivity index (χ0n) is 13.7. The number of nitrogens with zero attached hydrogens (tertiary/aromatic N) is 3. The van der Waals surface area contributed by atoms with E-state index in [4.69, 9.17) is 0 Å². The van der Waals surface area contributed by atoms with Gasteiger partial charge in [-0.2, -0.15) is 0 Å². The Kier molecular flexibility index (Phi) is 4.29. The lowest BCUT2D eigenvalue weighted by Gasteiger charge is -2.15. The van der Waals surface area contributed by atoms with Crippen LogP contribution in [0.1, 0.15) is 41.1 Å². The Labute approximate surface area is 140 Å². The van der Waals surface area contributed by atoms with Gasteiger partial charge in [0, 0.05) is 37.2 Å². The first-order chi connectivity index (χ1) is 11.5. The van der Waals surface area contributed by atoms with Gasteiger partial charge in [-0.05, 0) is 25.5 Å². The standard InChI is InChI=1S/C18H19N3O3/c1-11-19-16(13-7-8-21(10-13)12(2)22)9-17(20-11)14-5-3-4-6-15(14)18(23)24/h3-6,9,13H,7-8,10H2,1-2H3,(H,23,24)/t13-/m0/s1. The van der Waals surface area contributed by atoms with E-state index in [1.807, 2.05) is 11.0 Å². The minimum absolute atomic E-state index is 0.0692. The highest BCUT2D eigenvalue weighted by molar-refractivity contribution is 5.95. The maximum absolute atomic E-state index is 11.5. The average molecular weight is 325 g/mol. The molecule has 2 aromatic rings. The number of rotatable bonds is 3. The maximum atomic E-state index is 11.5. The third-order valence-corrected chi connectivity index (χ3v) is 4.34. The fourth-order valence-electron chi connectivity index (χ4n) is 3.12. The molecule has 1 amide bonds. The van der Waals surface area contributed by atoms with Gasteiger partial charge in [0.25, 0.3) is 0 Å². The smallest absolute Gasteiger partial charge is 0.336 e. The minimum atomic E-state index is -0.980. The number of benzene rings is 1. The van der Waals surface area contributed by atoms with Crippen molar-refractivity contribution in [3.8, 4) is 11.3 Å². The Morgan fingerprint density at radius 3 is 2.67 bits per heavy atom. The number of aryl methyl sites for hydroxylation is 1. The second-order valence-electron chi connectivity index (χ2n) is 6.03. The summed E-state index contributed by atoms with van der Waals surface area (Å²) in [6.45, 7) is 4.74. The van der Waals surface area contributed by atoms with Crippen molar-refractivity contribution in [2.45, 2.75) is 26.2 Å². The lowest BCUT2D eigenvalue weighted by Crippen LogP contribution is -2.25. The van der Waals surface area contributed by atoms with E-state index in [0.29, 0.717) is 23.6 Å². The first-order valence-electron chi connectivity index (χ1n) is 7.89. The van der Waals surface area contributed by atoms with E-state index in [0.717, 1.165) is 18.7 Å². The van der Waals surface area contributed by atoms with E-state index in [-0.39, 0.29) is 17.4 Å². The number of amides is 1. The summed E-state index contributed by atoms with van der Waals surface area (Å²) in [7, 11) is 0. The van der Waals surface area contributed by atoms with Gasteiger partial charge in [0.2, 0.25) is 5.91 Å². The van der Waals surface area contributed by atoms with Crippen molar-refractivity contribution in [1.82, 2.24) is 14.9 Å². The molecular weight excluding hydrogens is 306 g/mol. The average Bonchev–Trinajstić information content (AvgIpc) is 3.04. The molecule has 0 bridgehead atoms. The summed E-state index contributed by atoms with van der Waals surface area (Å²) >= 11 is 0. The van der Waals surface area contributed by atoms with Gasteiger partial charge in [0.1, 0.15) is 5.82 Å². The van der Waals surface area contributed by atoms with Crippen molar-refractivity contribution in [3.63, 3.8) is 0 Å². The Morgan fingerprint density at radius 2 is 2.00 bits per heavy atom. The molecule has 2 heterocycles. The molecule has 1 aromatic carbocycles. The lowest BCUT2D eigenvalue weighted by molar-refractivity contribution is -0.127. The number of carboxylic acids is 1. The summed E-state index contributed by atoms with van der Waals surface area (Å²) in [6, 6.07) is 8.67. The molecule has 0 unspecified atom stereocenters. The van der Waals surface area contributed by atoms with Gasteiger partial charge in [-0.15, -0.1) is 0 Å². The number of likely N-dealkylation sites (tertiary alicyclic amines) is 1. The van der Waals surface area contributed by atoms with Crippen LogP contribution in [-0.2, 0) is 4.79 Å². The molecule has 1 aliphatic rings. The van der Waals surface area contributed by atoms with Crippen molar-refractivity contribution < 1.29 is 14.7 Å². The molecule has 1 aromatic heterocycles. The quantitative estimate of drug-likeness (QED) is 0.937. The summed E-state index contributed by atoms with van der Waals surface area (Å²) < 4.78 is 0. The van der Waals surface area contributed by atoms with E-state index in [2.05, 4.69) is 9.97 Å². The fraction of sp³-hybridized carbons (Fsp3) is 0.333. The van der Waals surface area contributed by atoms with Gasteiger partial charge in [-0.1, -0.05) is 18.2 Å². The van der Waals surface area contributed by atoms with Crippen LogP contribution in [0, 0.1) is 6.92 Å². The number of carbonyl (C=O) groups is 2. The molecule has 1 saturated heterocycles. The van der Waals surface area contributed by atoms with Crippen molar-refractivity contribution >= 4 is 11.9 Å². The maximum Gasteiger partial charge on any atom is 0.336 e. The molecule has 1 N–H and O–H groups in total. The Bertz CT molecular complexity index is 804. The van der Waals surface area contributed by atoms with Gasteiger partial charge in [0.05, 0.1) is 11.3 Å². The summed E-state index contributed by atoms with van der Waals surface area (Å²) in [5.74, 6) is -0.151. The van der Waals surface area contributed by atoms with Gasteiger partial charge in [0.15, 0.2) is 0 Å². The van der Waals surface area contributed by atoms with E-state index in [1.54, 1.807) is 38.1 Å². The SMILES string of the molecule is CC(=O)N1CC[C@H](c2cc(-c3ccccc3C(=O)O)nc(C)n2)C1. The minimum Gasteiger partial charge on any atom is -0.478 e. The fourth-order valence-corrected chi connectivity index (χ4v) is 3.12. The molecule has 1 aliphatic heterocycles. The van der Waals surface area contributed by atoms with Crippen LogP contribution in [0.3, 0.4) is 0 Å². The first kappa shape index (κ1) is 16.1. The second-order valence-corrected chi connectivity index (χ2v) is 6.03. The zero-order valence-corrected chi connectivity index (χ0v) is 13.7. The molecule has 0 spiro atoms. The normalized spacial score (nSPS) is 17.1. The van der Waals surface area contributed by atoms with Crippen molar-refractivity contribution in [1.29, 1.82) is 0 Å². The number of hydrogen-bond acceptors (Lipinski definition) is 4. The van der Waals surface area contributed by atoms with Crippen LogP contribution in [0.15, 0.2) is 30.3 Å². The summed E-state index contributed by atoms with van der Waals surface area (Å²) in [5.41, 5.74) is 2.27. The largest absolute Gasteiger partial charge is 0.478 e. The molecule has 1 fully saturated rings. The van der Waals surface area contributed by atoms with Crippen LogP contribution in [0.4, 0.5) is 0 Å². The summed E-state index contributed by atoms with van der Waals surface area (Å²) in [5, 5.41) is 9.39. The number of hydrogen-bond donors (Lipinski definition) is 1. The Morgan fingerprint density at radius 1 is 1.25 bits per heavy atom. The molecule has 6 nitrogen and oxygen atoms in total. The highest BCUT2D eigenvalue weighted by atomic mass is 16.4.